The largest absolute Gasteiger partial charge is 0.337 e. The van der Waals surface area contributed by atoms with Crippen molar-refractivity contribution in [3.05, 3.63) is 36.0 Å². The quantitative estimate of drug-likeness (QED) is 0.913. The van der Waals surface area contributed by atoms with Crippen LogP contribution in [0.1, 0.15) is 38.6 Å². The second kappa shape index (κ2) is 4.98. The minimum Gasteiger partial charge on any atom is -0.337 e. The summed E-state index contributed by atoms with van der Waals surface area (Å²) < 4.78 is 18.6. The van der Waals surface area contributed by atoms with Crippen LogP contribution in [0.3, 0.4) is 0 Å². The molecule has 0 aliphatic carbocycles. The molecule has 1 aromatic carbocycles. The van der Waals surface area contributed by atoms with Gasteiger partial charge in [0.15, 0.2) is 0 Å². The minimum absolute atomic E-state index is 0.0473. The molecule has 20 heavy (non-hydrogen) atoms. The molecule has 2 heterocycles. The lowest BCUT2D eigenvalue weighted by atomic mass is 9.77. The second-order valence-electron chi connectivity index (χ2n) is 5.95. The zero-order valence-corrected chi connectivity index (χ0v) is 11.7. The number of halogens is 1. The van der Waals surface area contributed by atoms with Gasteiger partial charge in [0.1, 0.15) is 5.82 Å². The van der Waals surface area contributed by atoms with Gasteiger partial charge in [-0.05, 0) is 36.9 Å². The summed E-state index contributed by atoms with van der Waals surface area (Å²) >= 11 is 0. The van der Waals surface area contributed by atoms with Gasteiger partial charge >= 0.3 is 0 Å². The third kappa shape index (κ3) is 2.45. The number of nitrogens with one attached hydrogen (secondary N) is 1. The van der Waals surface area contributed by atoms with Gasteiger partial charge in [-0.3, -0.25) is 0 Å². The van der Waals surface area contributed by atoms with Crippen molar-refractivity contribution in [2.24, 2.45) is 5.41 Å². The van der Waals surface area contributed by atoms with Crippen LogP contribution in [0.15, 0.2) is 28.8 Å². The smallest absolute Gasteiger partial charge is 0.244 e. The van der Waals surface area contributed by atoms with E-state index in [1.165, 1.54) is 12.1 Å². The molecule has 5 heteroatoms. The number of aromatic nitrogens is 2. The first-order valence-electron chi connectivity index (χ1n) is 6.89. The van der Waals surface area contributed by atoms with Crippen LogP contribution in [0.25, 0.3) is 11.4 Å². The summed E-state index contributed by atoms with van der Waals surface area (Å²) in [7, 11) is 0. The fraction of sp³-hybridized carbons (Fsp3) is 0.467. The molecule has 1 unspecified atom stereocenters. The molecule has 4 nitrogen and oxygen atoms in total. The van der Waals surface area contributed by atoms with E-state index in [-0.39, 0.29) is 17.3 Å². The highest BCUT2D eigenvalue weighted by molar-refractivity contribution is 5.53. The highest BCUT2D eigenvalue weighted by atomic mass is 19.1. The zero-order chi connectivity index (χ0) is 14.2. The van der Waals surface area contributed by atoms with E-state index >= 15 is 0 Å². The topological polar surface area (TPSA) is 51.0 Å². The Hall–Kier alpha value is -1.75. The summed E-state index contributed by atoms with van der Waals surface area (Å²) in [5.74, 6) is 0.710. The predicted octanol–water partition coefficient (Wildman–Crippen LogP) is 3.33. The third-order valence-electron chi connectivity index (χ3n) is 3.90. The SMILES string of the molecule is CC1(C)CCCNC1c1nc(-c2cccc(F)c2)no1. The van der Waals surface area contributed by atoms with Crippen molar-refractivity contribution in [1.29, 1.82) is 0 Å². The lowest BCUT2D eigenvalue weighted by Crippen LogP contribution is -2.39. The van der Waals surface area contributed by atoms with Crippen molar-refractivity contribution in [3.63, 3.8) is 0 Å². The van der Waals surface area contributed by atoms with E-state index in [0.717, 1.165) is 19.4 Å². The highest BCUT2D eigenvalue weighted by Gasteiger charge is 2.37. The molecule has 1 fully saturated rings. The molecule has 1 saturated heterocycles. The average Bonchev–Trinajstić information content (AvgIpc) is 2.87. The summed E-state index contributed by atoms with van der Waals surface area (Å²) in [6.45, 7) is 5.33. The number of nitrogens with zero attached hydrogens (tertiary/aromatic N) is 2. The first-order chi connectivity index (χ1) is 9.56. The first kappa shape index (κ1) is 13.2. The van der Waals surface area contributed by atoms with Crippen LogP contribution in [0.5, 0.6) is 0 Å². The highest BCUT2D eigenvalue weighted by Crippen LogP contribution is 2.39. The molecule has 1 aliphatic heterocycles. The molecule has 2 aromatic rings. The Morgan fingerprint density at radius 1 is 1.40 bits per heavy atom. The summed E-state index contributed by atoms with van der Waals surface area (Å²) in [6, 6.07) is 6.27. The molecule has 1 atom stereocenters. The van der Waals surface area contributed by atoms with Crippen molar-refractivity contribution in [3.8, 4) is 11.4 Å². The summed E-state index contributed by atoms with van der Waals surface area (Å²) in [6.07, 6.45) is 2.26. The number of hydrogen-bond donors (Lipinski definition) is 1. The van der Waals surface area contributed by atoms with E-state index in [1.807, 2.05) is 0 Å². The standard InChI is InChI=1S/C15H18FN3O/c1-15(2)7-4-8-17-12(15)14-18-13(19-20-14)10-5-3-6-11(16)9-10/h3,5-6,9,12,17H,4,7-8H2,1-2H3. The Kier molecular flexibility index (Phi) is 3.30. The van der Waals surface area contributed by atoms with E-state index in [2.05, 4.69) is 29.3 Å². The van der Waals surface area contributed by atoms with Crippen LogP contribution in [-0.2, 0) is 0 Å². The summed E-state index contributed by atoms with van der Waals surface area (Å²) in [5, 5.41) is 7.41. The Labute approximate surface area is 117 Å². The third-order valence-corrected chi connectivity index (χ3v) is 3.90. The van der Waals surface area contributed by atoms with Gasteiger partial charge in [-0.1, -0.05) is 31.1 Å². The molecule has 0 radical (unpaired) electrons. The fourth-order valence-corrected chi connectivity index (χ4v) is 2.73. The molecule has 0 amide bonds. The minimum atomic E-state index is -0.301. The Bertz CT molecular complexity index is 609. The summed E-state index contributed by atoms with van der Waals surface area (Å²) in [4.78, 5) is 4.43. The normalized spacial score (nSPS) is 21.9. The molecule has 0 bridgehead atoms. The van der Waals surface area contributed by atoms with Crippen LogP contribution in [0, 0.1) is 11.2 Å². The van der Waals surface area contributed by atoms with Crippen molar-refractivity contribution >= 4 is 0 Å². The maximum Gasteiger partial charge on any atom is 0.244 e. The van der Waals surface area contributed by atoms with Gasteiger partial charge in [-0.2, -0.15) is 4.98 Å². The zero-order valence-electron chi connectivity index (χ0n) is 11.7. The maximum absolute atomic E-state index is 13.2. The molecule has 1 N–H and O–H groups in total. The van der Waals surface area contributed by atoms with Gasteiger partial charge in [-0.25, -0.2) is 4.39 Å². The number of rotatable bonds is 2. The maximum atomic E-state index is 13.2. The van der Waals surface area contributed by atoms with Gasteiger partial charge < -0.3 is 9.84 Å². The van der Waals surface area contributed by atoms with E-state index in [4.69, 9.17) is 4.52 Å². The Morgan fingerprint density at radius 3 is 3.00 bits per heavy atom. The van der Waals surface area contributed by atoms with Crippen molar-refractivity contribution in [2.75, 3.05) is 6.54 Å². The molecule has 106 valence electrons. The molecule has 3 rings (SSSR count). The first-order valence-corrected chi connectivity index (χ1v) is 6.89. The lowest BCUT2D eigenvalue weighted by molar-refractivity contribution is 0.146. The molecule has 1 aromatic heterocycles. The van der Waals surface area contributed by atoms with Gasteiger partial charge in [0.05, 0.1) is 6.04 Å². The second-order valence-corrected chi connectivity index (χ2v) is 5.95. The monoisotopic (exact) mass is 275 g/mol. The molecular formula is C15H18FN3O. The number of hydrogen-bond acceptors (Lipinski definition) is 4. The average molecular weight is 275 g/mol. The van der Waals surface area contributed by atoms with Gasteiger partial charge in [0.25, 0.3) is 0 Å². The van der Waals surface area contributed by atoms with Gasteiger partial charge in [0.2, 0.25) is 11.7 Å². The predicted molar refractivity (Wildman–Crippen MR) is 73.5 cm³/mol. The van der Waals surface area contributed by atoms with Crippen molar-refractivity contribution in [2.45, 2.75) is 32.7 Å². The van der Waals surface area contributed by atoms with E-state index in [1.54, 1.807) is 12.1 Å². The molecule has 0 spiro atoms. The van der Waals surface area contributed by atoms with E-state index in [9.17, 15) is 4.39 Å². The van der Waals surface area contributed by atoms with E-state index in [0.29, 0.717) is 17.3 Å². The van der Waals surface area contributed by atoms with Crippen LogP contribution < -0.4 is 5.32 Å². The Morgan fingerprint density at radius 2 is 2.25 bits per heavy atom. The van der Waals surface area contributed by atoms with Crippen molar-refractivity contribution in [1.82, 2.24) is 15.5 Å². The van der Waals surface area contributed by atoms with Gasteiger partial charge in [-0.15, -0.1) is 0 Å². The molecule has 1 aliphatic rings. The van der Waals surface area contributed by atoms with Crippen LogP contribution in [0.4, 0.5) is 4.39 Å². The summed E-state index contributed by atoms with van der Waals surface area (Å²) in [5.41, 5.74) is 0.706. The fourth-order valence-electron chi connectivity index (χ4n) is 2.73. The van der Waals surface area contributed by atoms with Gasteiger partial charge in [0, 0.05) is 5.56 Å². The number of piperidine rings is 1. The number of benzene rings is 1. The Balaban J connectivity index is 1.90. The van der Waals surface area contributed by atoms with Crippen LogP contribution in [0.2, 0.25) is 0 Å². The van der Waals surface area contributed by atoms with Crippen LogP contribution in [-0.4, -0.2) is 16.7 Å². The molecular weight excluding hydrogens is 257 g/mol. The van der Waals surface area contributed by atoms with E-state index < -0.39 is 0 Å². The lowest BCUT2D eigenvalue weighted by Gasteiger charge is -2.36. The van der Waals surface area contributed by atoms with Crippen molar-refractivity contribution < 1.29 is 8.91 Å². The molecule has 0 saturated carbocycles. The van der Waals surface area contributed by atoms with Crippen LogP contribution >= 0.6 is 0 Å².